The van der Waals surface area contributed by atoms with Crippen LogP contribution in [0.25, 0.3) is 21.5 Å². The fourth-order valence-corrected chi connectivity index (χ4v) is 2.64. The number of hydroxylamine groups is 1. The molecule has 0 aliphatic carbocycles. The smallest absolute Gasteiger partial charge is 0.160 e. The number of rotatable bonds is 3. The third-order valence-electron chi connectivity index (χ3n) is 3.45. The van der Waals surface area contributed by atoms with Crippen molar-refractivity contribution in [3.05, 3.63) is 48.5 Å². The highest BCUT2D eigenvalue weighted by atomic mass is 16.5. The summed E-state index contributed by atoms with van der Waals surface area (Å²) in [4.78, 5) is 0. The Hall–Kier alpha value is -2.79. The molecule has 0 saturated heterocycles. The molecule has 0 bridgehead atoms. The van der Waals surface area contributed by atoms with E-state index in [1.54, 1.807) is 7.11 Å². The molecule has 21 heavy (non-hydrogen) atoms. The molecule has 5 nitrogen and oxygen atoms in total. The van der Waals surface area contributed by atoms with Crippen molar-refractivity contribution < 1.29 is 15.2 Å². The lowest BCUT2D eigenvalue weighted by atomic mass is 9.99. The van der Waals surface area contributed by atoms with Gasteiger partial charge in [-0.2, -0.15) is 0 Å². The van der Waals surface area contributed by atoms with Gasteiger partial charge in [0.25, 0.3) is 0 Å². The molecule has 0 amide bonds. The number of ether oxygens (including phenoxy) is 1. The summed E-state index contributed by atoms with van der Waals surface area (Å²) in [7, 11) is 1.62. The first kappa shape index (κ1) is 13.2. The highest BCUT2D eigenvalue weighted by molar-refractivity contribution is 6.17. The molecule has 0 aromatic heterocycles. The molecule has 0 heterocycles. The Morgan fingerprint density at radius 3 is 1.86 bits per heavy atom. The zero-order valence-corrected chi connectivity index (χ0v) is 11.4. The molecule has 0 saturated carbocycles. The summed E-state index contributed by atoms with van der Waals surface area (Å²) in [5.41, 5.74) is 0.541. The lowest BCUT2D eigenvalue weighted by molar-refractivity contribution is 0.292. The van der Waals surface area contributed by atoms with E-state index in [9.17, 15) is 5.21 Å². The summed E-state index contributed by atoms with van der Waals surface area (Å²) >= 11 is 0. The first-order chi connectivity index (χ1) is 10.3. The molecular formula is C16H14N2O3. The van der Waals surface area contributed by atoms with E-state index in [2.05, 4.69) is 5.16 Å². The predicted molar refractivity (Wildman–Crippen MR) is 82.6 cm³/mol. The molecule has 3 aromatic carbocycles. The topological polar surface area (TPSA) is 65.3 Å². The highest BCUT2D eigenvalue weighted by Crippen LogP contribution is 2.41. The molecule has 0 unspecified atom stereocenters. The van der Waals surface area contributed by atoms with Crippen molar-refractivity contribution in [1.82, 2.24) is 0 Å². The minimum absolute atomic E-state index is 0.541. The van der Waals surface area contributed by atoms with Crippen LogP contribution < -0.4 is 9.80 Å². The highest BCUT2D eigenvalue weighted by Gasteiger charge is 2.16. The van der Waals surface area contributed by atoms with E-state index in [0.717, 1.165) is 38.7 Å². The minimum atomic E-state index is 0.541. The van der Waals surface area contributed by atoms with E-state index in [4.69, 9.17) is 9.94 Å². The zero-order chi connectivity index (χ0) is 14.8. The van der Waals surface area contributed by atoms with Crippen LogP contribution in [0.4, 0.5) is 5.69 Å². The monoisotopic (exact) mass is 282 g/mol. The molecule has 3 rings (SSSR count). The Morgan fingerprint density at radius 1 is 0.952 bits per heavy atom. The molecule has 0 aliphatic heterocycles. The summed E-state index contributed by atoms with van der Waals surface area (Å²) in [6, 6.07) is 15.2. The van der Waals surface area contributed by atoms with Gasteiger partial charge >= 0.3 is 0 Å². The van der Waals surface area contributed by atoms with Gasteiger partial charge in [-0.3, -0.25) is 5.21 Å². The van der Waals surface area contributed by atoms with Crippen LogP contribution in [0.1, 0.15) is 0 Å². The van der Waals surface area contributed by atoms with Crippen LogP contribution in [-0.2, 0) is 0 Å². The third kappa shape index (κ3) is 2.04. The number of benzene rings is 3. The lowest BCUT2D eigenvalue weighted by Gasteiger charge is -2.19. The largest absolute Gasteiger partial charge is 0.495 e. The number of fused-ring (bicyclic) bond motifs is 2. The van der Waals surface area contributed by atoms with Crippen LogP contribution in [0, 0.1) is 0 Å². The fraction of sp³-hybridized carbons (Fsp3) is 0.0625. The average Bonchev–Trinajstić information content (AvgIpc) is 2.52. The van der Waals surface area contributed by atoms with Gasteiger partial charge in [0.2, 0.25) is 0 Å². The van der Waals surface area contributed by atoms with Gasteiger partial charge in [-0.25, -0.2) is 5.06 Å². The van der Waals surface area contributed by atoms with Gasteiger partial charge in [-0.15, -0.1) is 0 Å². The van der Waals surface area contributed by atoms with E-state index in [0.29, 0.717) is 5.69 Å². The molecule has 2 N–H and O–H groups in total. The van der Waals surface area contributed by atoms with Crippen LogP contribution in [0.3, 0.4) is 0 Å². The average molecular weight is 282 g/mol. The number of hydrogen-bond acceptors (Lipinski definition) is 4. The molecule has 5 heteroatoms. The second-order valence-electron chi connectivity index (χ2n) is 4.55. The molecule has 106 valence electrons. The van der Waals surface area contributed by atoms with E-state index >= 15 is 0 Å². The van der Waals surface area contributed by atoms with Gasteiger partial charge in [-0.05, 0) is 0 Å². The van der Waals surface area contributed by atoms with Crippen LogP contribution in [-0.4, -0.2) is 23.9 Å². The lowest BCUT2D eigenvalue weighted by Crippen LogP contribution is -2.16. The maximum atomic E-state index is 10.2. The number of oxime groups is 1. The zero-order valence-electron chi connectivity index (χ0n) is 11.4. The first-order valence-corrected chi connectivity index (χ1v) is 6.41. The minimum Gasteiger partial charge on any atom is -0.495 e. The standard InChI is InChI=1S/C16H14N2O3/c1-21-16-13-8-4-2-6-11(13)15(18(20)10-17-19)12-7-3-5-9-14(12)16/h2-10,19-20H,1H3. The quantitative estimate of drug-likeness (QED) is 0.253. The van der Waals surface area contributed by atoms with Crippen LogP contribution in [0.5, 0.6) is 5.75 Å². The van der Waals surface area contributed by atoms with Crippen molar-refractivity contribution in [1.29, 1.82) is 0 Å². The van der Waals surface area contributed by atoms with Gasteiger partial charge in [-0.1, -0.05) is 53.7 Å². The Balaban J connectivity index is 2.53. The van der Waals surface area contributed by atoms with Gasteiger partial charge in [0.05, 0.1) is 12.8 Å². The van der Waals surface area contributed by atoms with Gasteiger partial charge in [0.1, 0.15) is 5.75 Å². The van der Waals surface area contributed by atoms with E-state index < -0.39 is 0 Å². The second kappa shape index (κ2) is 5.30. The van der Waals surface area contributed by atoms with E-state index in [1.165, 1.54) is 0 Å². The Kier molecular flexibility index (Phi) is 3.33. The van der Waals surface area contributed by atoms with Crippen LogP contribution in [0.2, 0.25) is 0 Å². The molecule has 0 aliphatic rings. The summed E-state index contributed by atoms with van der Waals surface area (Å²) in [5.74, 6) is 0.749. The molecule has 0 spiro atoms. The normalized spacial score (nSPS) is 11.3. The number of nitrogens with zero attached hydrogens (tertiary/aromatic N) is 2. The van der Waals surface area contributed by atoms with Crippen LogP contribution >= 0.6 is 0 Å². The predicted octanol–water partition coefficient (Wildman–Crippen LogP) is 3.61. The molecular weight excluding hydrogens is 268 g/mol. The van der Waals surface area contributed by atoms with Crippen molar-refractivity contribution >= 4 is 33.6 Å². The number of methoxy groups -OCH3 is 1. The molecule has 3 aromatic rings. The van der Waals surface area contributed by atoms with Crippen molar-refractivity contribution in [2.75, 3.05) is 12.2 Å². The SMILES string of the molecule is COc1c2ccccc2c(N(O)C=NO)c2ccccc12. The second-order valence-corrected chi connectivity index (χ2v) is 4.55. The Labute approximate surface area is 121 Å². The van der Waals surface area contributed by atoms with Gasteiger partial charge in [0.15, 0.2) is 6.34 Å². The summed E-state index contributed by atoms with van der Waals surface area (Å²) < 4.78 is 5.55. The number of hydrogen-bond donors (Lipinski definition) is 2. The van der Waals surface area contributed by atoms with E-state index in [1.807, 2.05) is 48.5 Å². The van der Waals surface area contributed by atoms with Crippen LogP contribution in [0.15, 0.2) is 53.7 Å². The van der Waals surface area contributed by atoms with Gasteiger partial charge in [0, 0.05) is 21.5 Å². The fourth-order valence-electron chi connectivity index (χ4n) is 2.64. The molecule has 0 atom stereocenters. The van der Waals surface area contributed by atoms with E-state index in [-0.39, 0.29) is 0 Å². The van der Waals surface area contributed by atoms with Crippen molar-refractivity contribution in [3.63, 3.8) is 0 Å². The third-order valence-corrected chi connectivity index (χ3v) is 3.45. The summed E-state index contributed by atoms with van der Waals surface area (Å²) in [6.45, 7) is 0. The first-order valence-electron chi connectivity index (χ1n) is 6.41. The maximum Gasteiger partial charge on any atom is 0.160 e. The summed E-state index contributed by atoms with van der Waals surface area (Å²) in [6.07, 6.45) is 0.945. The Morgan fingerprint density at radius 2 is 1.43 bits per heavy atom. The van der Waals surface area contributed by atoms with Crippen molar-refractivity contribution in [3.8, 4) is 5.75 Å². The molecule has 0 radical (unpaired) electrons. The number of anilines is 1. The van der Waals surface area contributed by atoms with Crippen molar-refractivity contribution in [2.24, 2.45) is 5.16 Å². The maximum absolute atomic E-state index is 10.2. The Bertz CT molecular complexity index is 773. The molecule has 0 fully saturated rings. The van der Waals surface area contributed by atoms with Crippen molar-refractivity contribution in [2.45, 2.75) is 0 Å². The summed E-state index contributed by atoms with van der Waals surface area (Å²) in [5, 5.41) is 25.9. The van der Waals surface area contributed by atoms with Gasteiger partial charge < -0.3 is 9.94 Å².